The zero-order valence-electron chi connectivity index (χ0n) is 10.0. The number of ether oxygens (including phenoxy) is 1. The molecule has 4 nitrogen and oxygen atoms in total. The largest absolute Gasteiger partial charge is 0.397 e. The van der Waals surface area contributed by atoms with Crippen molar-refractivity contribution < 1.29 is 9.53 Å². The molecule has 1 amide bonds. The minimum Gasteiger partial charge on any atom is -0.397 e. The average molecular weight is 254 g/mol. The van der Waals surface area contributed by atoms with Crippen LogP contribution in [-0.2, 0) is 4.74 Å². The first-order valence-electron chi connectivity index (χ1n) is 5.83. The van der Waals surface area contributed by atoms with Crippen LogP contribution in [0, 0.1) is 5.92 Å². The Bertz CT molecular complexity index is 384. The summed E-state index contributed by atoms with van der Waals surface area (Å²) in [6.07, 6.45) is 2.04. The van der Waals surface area contributed by atoms with Gasteiger partial charge in [0.05, 0.1) is 5.69 Å². The number of hydrogen-bond acceptors (Lipinski definition) is 4. The molecule has 0 spiro atoms. The van der Waals surface area contributed by atoms with Crippen LogP contribution in [0.3, 0.4) is 0 Å². The van der Waals surface area contributed by atoms with Crippen LogP contribution >= 0.6 is 11.3 Å². The van der Waals surface area contributed by atoms with Crippen LogP contribution in [0.25, 0.3) is 0 Å². The molecule has 0 bridgehead atoms. The van der Waals surface area contributed by atoms with Crippen molar-refractivity contribution in [2.24, 2.45) is 5.92 Å². The van der Waals surface area contributed by atoms with E-state index in [1.54, 1.807) is 13.2 Å². The zero-order valence-corrected chi connectivity index (χ0v) is 10.8. The lowest BCUT2D eigenvalue weighted by atomic mass is 9.98. The number of nitrogen functional groups attached to an aromatic ring is 1. The first kappa shape index (κ1) is 12.4. The van der Waals surface area contributed by atoms with E-state index in [2.05, 4.69) is 0 Å². The fraction of sp³-hybridized carbons (Fsp3) is 0.583. The van der Waals surface area contributed by atoms with Gasteiger partial charge in [0.1, 0.15) is 4.88 Å². The molecule has 2 heterocycles. The molecule has 1 aliphatic rings. The summed E-state index contributed by atoms with van der Waals surface area (Å²) in [6.45, 7) is 2.41. The monoisotopic (exact) mass is 254 g/mol. The molecule has 0 aromatic carbocycles. The molecule has 0 saturated carbocycles. The normalized spacial score (nSPS) is 17.4. The Labute approximate surface area is 105 Å². The minimum atomic E-state index is 0.0772. The summed E-state index contributed by atoms with van der Waals surface area (Å²) in [5.74, 6) is 0.665. The van der Waals surface area contributed by atoms with E-state index < -0.39 is 0 Å². The molecule has 0 unspecified atom stereocenters. The summed E-state index contributed by atoms with van der Waals surface area (Å²) in [7, 11) is 1.73. The smallest absolute Gasteiger partial charge is 0.266 e. The number of nitrogens with two attached hydrogens (primary N) is 1. The molecule has 2 rings (SSSR count). The van der Waals surface area contributed by atoms with Gasteiger partial charge in [0.25, 0.3) is 5.91 Å². The van der Waals surface area contributed by atoms with E-state index in [9.17, 15) is 4.79 Å². The van der Waals surface area contributed by atoms with Crippen LogP contribution < -0.4 is 5.73 Å². The van der Waals surface area contributed by atoms with Crippen LogP contribution in [0.5, 0.6) is 0 Å². The third-order valence-corrected chi connectivity index (χ3v) is 4.11. The molecule has 1 aromatic heterocycles. The van der Waals surface area contributed by atoms with Crippen molar-refractivity contribution >= 4 is 22.9 Å². The van der Waals surface area contributed by atoms with Crippen LogP contribution in [0.4, 0.5) is 5.69 Å². The lowest BCUT2D eigenvalue weighted by molar-refractivity contribution is 0.0619. The molecule has 1 saturated heterocycles. The van der Waals surface area contributed by atoms with Gasteiger partial charge in [-0.15, -0.1) is 11.3 Å². The number of anilines is 1. The van der Waals surface area contributed by atoms with Gasteiger partial charge in [-0.25, -0.2) is 0 Å². The van der Waals surface area contributed by atoms with Gasteiger partial charge >= 0.3 is 0 Å². The molecule has 0 radical (unpaired) electrons. The number of nitrogens with zero attached hydrogens (tertiary/aromatic N) is 1. The number of piperidine rings is 1. The highest BCUT2D eigenvalue weighted by atomic mass is 32.1. The Hall–Kier alpha value is -1.07. The van der Waals surface area contributed by atoms with Gasteiger partial charge in [-0.1, -0.05) is 0 Å². The van der Waals surface area contributed by atoms with Crippen molar-refractivity contribution in [3.05, 3.63) is 16.3 Å². The molecule has 0 atom stereocenters. The van der Waals surface area contributed by atoms with Crippen LogP contribution in [0.15, 0.2) is 11.4 Å². The average Bonchev–Trinajstić information content (AvgIpc) is 2.76. The van der Waals surface area contributed by atoms with E-state index >= 15 is 0 Å². The molecule has 0 aliphatic carbocycles. The first-order valence-corrected chi connectivity index (χ1v) is 6.71. The number of hydrogen-bond donors (Lipinski definition) is 1. The van der Waals surface area contributed by atoms with Gasteiger partial charge in [0.2, 0.25) is 0 Å². The molecule has 1 aliphatic heterocycles. The number of amides is 1. The molecule has 94 valence electrons. The molecular formula is C12H18N2O2S. The van der Waals surface area contributed by atoms with Gasteiger partial charge in [-0.3, -0.25) is 4.79 Å². The maximum atomic E-state index is 12.2. The predicted molar refractivity (Wildman–Crippen MR) is 69.2 cm³/mol. The number of likely N-dealkylation sites (tertiary alicyclic amines) is 1. The van der Waals surface area contributed by atoms with Crippen molar-refractivity contribution in [1.82, 2.24) is 4.90 Å². The second kappa shape index (κ2) is 5.51. The number of thiophene rings is 1. The molecule has 5 heteroatoms. The maximum absolute atomic E-state index is 12.2. The lowest BCUT2D eigenvalue weighted by Gasteiger charge is -2.31. The Balaban J connectivity index is 1.93. The van der Waals surface area contributed by atoms with E-state index in [1.165, 1.54) is 11.3 Å². The minimum absolute atomic E-state index is 0.0772. The van der Waals surface area contributed by atoms with Crippen molar-refractivity contribution in [2.75, 3.05) is 32.5 Å². The Kier molecular flexibility index (Phi) is 4.02. The van der Waals surface area contributed by atoms with Gasteiger partial charge in [-0.2, -0.15) is 0 Å². The Morgan fingerprint density at radius 1 is 1.59 bits per heavy atom. The summed E-state index contributed by atoms with van der Waals surface area (Å²) in [5.41, 5.74) is 6.36. The zero-order chi connectivity index (χ0) is 12.3. The van der Waals surface area contributed by atoms with Crippen LogP contribution in [0.1, 0.15) is 22.5 Å². The fourth-order valence-corrected chi connectivity index (χ4v) is 2.96. The Morgan fingerprint density at radius 2 is 2.29 bits per heavy atom. The molecular weight excluding hydrogens is 236 g/mol. The van der Waals surface area contributed by atoms with E-state index in [4.69, 9.17) is 10.5 Å². The second-order valence-corrected chi connectivity index (χ2v) is 5.31. The van der Waals surface area contributed by atoms with Crippen molar-refractivity contribution in [1.29, 1.82) is 0 Å². The molecule has 17 heavy (non-hydrogen) atoms. The van der Waals surface area contributed by atoms with Gasteiger partial charge in [0, 0.05) is 26.8 Å². The van der Waals surface area contributed by atoms with Crippen molar-refractivity contribution in [3.8, 4) is 0 Å². The highest BCUT2D eigenvalue weighted by Crippen LogP contribution is 2.24. The summed E-state index contributed by atoms with van der Waals surface area (Å²) in [5, 5.41) is 1.86. The quantitative estimate of drug-likeness (QED) is 0.895. The van der Waals surface area contributed by atoms with Crippen LogP contribution in [0.2, 0.25) is 0 Å². The maximum Gasteiger partial charge on any atom is 0.266 e. The van der Waals surface area contributed by atoms with E-state index in [-0.39, 0.29) is 5.91 Å². The van der Waals surface area contributed by atoms with Gasteiger partial charge in [0.15, 0.2) is 0 Å². The van der Waals surface area contributed by atoms with E-state index in [0.29, 0.717) is 16.5 Å². The highest BCUT2D eigenvalue weighted by Gasteiger charge is 2.25. The SMILES string of the molecule is COCC1CCN(C(=O)c2sccc2N)CC1. The summed E-state index contributed by atoms with van der Waals surface area (Å²) < 4.78 is 5.15. The standard InChI is InChI=1S/C12H18N2O2S/c1-16-8-9-2-5-14(6-3-9)12(15)11-10(13)4-7-17-11/h4,7,9H,2-3,5-6,8,13H2,1H3. The highest BCUT2D eigenvalue weighted by molar-refractivity contribution is 7.12. The van der Waals surface area contributed by atoms with Crippen molar-refractivity contribution in [2.45, 2.75) is 12.8 Å². The molecule has 1 fully saturated rings. The number of carbonyl (C=O) groups excluding carboxylic acids is 1. The third kappa shape index (κ3) is 2.79. The van der Waals surface area contributed by atoms with Crippen molar-refractivity contribution in [3.63, 3.8) is 0 Å². The Morgan fingerprint density at radius 3 is 2.82 bits per heavy atom. The summed E-state index contributed by atoms with van der Waals surface area (Å²) >= 11 is 1.42. The second-order valence-electron chi connectivity index (χ2n) is 4.40. The van der Waals surface area contributed by atoms with E-state index in [0.717, 1.165) is 32.5 Å². The van der Waals surface area contributed by atoms with Crippen LogP contribution in [-0.4, -0.2) is 37.6 Å². The summed E-state index contributed by atoms with van der Waals surface area (Å²) in [4.78, 5) is 14.7. The van der Waals surface area contributed by atoms with Gasteiger partial charge < -0.3 is 15.4 Å². The molecule has 1 aromatic rings. The number of methoxy groups -OCH3 is 1. The number of carbonyl (C=O) groups is 1. The fourth-order valence-electron chi connectivity index (χ4n) is 2.18. The lowest BCUT2D eigenvalue weighted by Crippen LogP contribution is -2.39. The summed E-state index contributed by atoms with van der Waals surface area (Å²) in [6, 6.07) is 1.79. The van der Waals surface area contributed by atoms with E-state index in [1.807, 2.05) is 10.3 Å². The topological polar surface area (TPSA) is 55.6 Å². The van der Waals surface area contributed by atoms with Gasteiger partial charge in [-0.05, 0) is 30.2 Å². The predicted octanol–water partition coefficient (Wildman–Crippen LogP) is 1.83. The molecule has 2 N–H and O–H groups in total. The first-order chi connectivity index (χ1) is 8.22. The third-order valence-electron chi connectivity index (χ3n) is 3.19. The number of rotatable bonds is 3.